The van der Waals surface area contributed by atoms with Crippen LogP contribution in [0.5, 0.6) is 5.75 Å². The van der Waals surface area contributed by atoms with Crippen molar-refractivity contribution in [1.29, 1.82) is 0 Å². The Labute approximate surface area is 73.7 Å². The topological polar surface area (TPSA) is 55.5 Å². The van der Waals surface area contributed by atoms with Crippen molar-refractivity contribution in [3.8, 4) is 5.75 Å². The van der Waals surface area contributed by atoms with Crippen molar-refractivity contribution in [2.45, 2.75) is 6.42 Å². The lowest BCUT2D eigenvalue weighted by Gasteiger charge is -2.03. The summed E-state index contributed by atoms with van der Waals surface area (Å²) in [5, 5.41) is 8.78. The van der Waals surface area contributed by atoms with Crippen LogP contribution in [-0.2, 0) is 11.3 Å². The van der Waals surface area contributed by atoms with Crippen LogP contribution < -0.4 is 5.90 Å². The van der Waals surface area contributed by atoms with Gasteiger partial charge in [-0.3, -0.25) is 0 Å². The molecule has 1 rings (SSSR count). The molecule has 0 saturated heterocycles. The molecule has 3 N–H and O–H groups in total. The van der Waals surface area contributed by atoms with Crippen LogP contribution in [0.15, 0.2) is 12.1 Å². The van der Waals surface area contributed by atoms with Gasteiger partial charge in [0.25, 0.3) is 0 Å². The first-order chi connectivity index (χ1) is 6.16. The lowest BCUT2D eigenvalue weighted by molar-refractivity contribution is 0.140. The molecule has 0 heterocycles. The minimum absolute atomic E-state index is 0.0983. The minimum Gasteiger partial charge on any atom is -0.505 e. The van der Waals surface area contributed by atoms with E-state index in [4.69, 9.17) is 11.0 Å². The summed E-state index contributed by atoms with van der Waals surface area (Å²) in [7, 11) is 0. The van der Waals surface area contributed by atoms with Gasteiger partial charge in [0.15, 0.2) is 11.6 Å². The molecule has 0 spiro atoms. The highest BCUT2D eigenvalue weighted by Crippen LogP contribution is 2.21. The van der Waals surface area contributed by atoms with Crippen LogP contribution in [0.2, 0.25) is 0 Å². The summed E-state index contributed by atoms with van der Waals surface area (Å²) in [6, 6.07) is 2.37. The van der Waals surface area contributed by atoms with Gasteiger partial charge < -0.3 is 9.94 Å². The second kappa shape index (κ2) is 4.15. The molecule has 72 valence electrons. The van der Waals surface area contributed by atoms with E-state index in [1.54, 1.807) is 0 Å². The average Bonchev–Trinajstić information content (AvgIpc) is 2.13. The predicted molar refractivity (Wildman–Crippen MR) is 41.9 cm³/mol. The van der Waals surface area contributed by atoms with E-state index < -0.39 is 17.4 Å². The smallest absolute Gasteiger partial charge is 0.200 e. The number of rotatable bonds is 3. The first-order valence-electron chi connectivity index (χ1n) is 3.64. The third kappa shape index (κ3) is 2.13. The van der Waals surface area contributed by atoms with Crippen LogP contribution >= 0.6 is 0 Å². The van der Waals surface area contributed by atoms with Crippen molar-refractivity contribution in [2.24, 2.45) is 5.90 Å². The summed E-state index contributed by atoms with van der Waals surface area (Å²) in [5.41, 5.74) is 0.126. The van der Waals surface area contributed by atoms with Gasteiger partial charge >= 0.3 is 0 Å². The monoisotopic (exact) mass is 189 g/mol. The number of aromatic hydroxyl groups is 1. The Balaban J connectivity index is 2.90. The largest absolute Gasteiger partial charge is 0.505 e. The van der Waals surface area contributed by atoms with E-state index in [2.05, 4.69) is 4.84 Å². The van der Waals surface area contributed by atoms with Crippen molar-refractivity contribution in [1.82, 2.24) is 0 Å². The van der Waals surface area contributed by atoms with Gasteiger partial charge in [-0.15, -0.1) is 0 Å². The number of hydrogen-bond donors (Lipinski definition) is 2. The van der Waals surface area contributed by atoms with Gasteiger partial charge in [0.05, 0.1) is 6.61 Å². The normalized spacial score (nSPS) is 10.4. The Hall–Kier alpha value is -1.20. The van der Waals surface area contributed by atoms with Crippen LogP contribution in [0.4, 0.5) is 8.78 Å². The second-order valence-electron chi connectivity index (χ2n) is 2.49. The number of phenols is 1. The fourth-order valence-corrected chi connectivity index (χ4v) is 0.941. The molecule has 0 atom stereocenters. The molecule has 0 aliphatic heterocycles. The summed E-state index contributed by atoms with van der Waals surface area (Å²) in [4.78, 5) is 4.22. The van der Waals surface area contributed by atoms with Crippen molar-refractivity contribution in [2.75, 3.05) is 6.61 Å². The zero-order valence-electron chi connectivity index (χ0n) is 6.76. The van der Waals surface area contributed by atoms with Gasteiger partial charge in [0.1, 0.15) is 0 Å². The molecule has 0 radical (unpaired) electrons. The molecule has 3 nitrogen and oxygen atoms in total. The molecule has 0 unspecified atom stereocenters. The maximum absolute atomic E-state index is 13.0. The highest BCUT2D eigenvalue weighted by atomic mass is 19.2. The maximum Gasteiger partial charge on any atom is 0.200 e. The number of nitrogens with two attached hydrogens (primary N) is 1. The number of phenolic OH excluding ortho intramolecular Hbond substituents is 1. The van der Waals surface area contributed by atoms with Crippen LogP contribution in [0.3, 0.4) is 0 Å². The molecular weight excluding hydrogens is 180 g/mol. The minimum atomic E-state index is -1.24. The van der Waals surface area contributed by atoms with Gasteiger partial charge in [0, 0.05) is 6.42 Å². The SMILES string of the molecule is NOCCc1ccc(O)c(F)c1F. The average molecular weight is 189 g/mol. The fraction of sp³-hybridized carbons (Fsp3) is 0.250. The van der Waals surface area contributed by atoms with E-state index in [0.717, 1.165) is 6.07 Å². The van der Waals surface area contributed by atoms with E-state index in [1.165, 1.54) is 6.07 Å². The zero-order valence-corrected chi connectivity index (χ0v) is 6.76. The standard InChI is InChI=1S/C8H9F2NO2/c9-7-5(3-4-13-11)1-2-6(12)8(7)10/h1-2,12H,3-4,11H2. The molecule has 0 aromatic heterocycles. The molecular formula is C8H9F2NO2. The number of benzene rings is 1. The van der Waals surface area contributed by atoms with Crippen LogP contribution in [0.1, 0.15) is 5.56 Å². The lowest BCUT2D eigenvalue weighted by Crippen LogP contribution is -2.05. The quantitative estimate of drug-likeness (QED) is 0.700. The number of hydrogen-bond acceptors (Lipinski definition) is 3. The van der Waals surface area contributed by atoms with Gasteiger partial charge in [-0.1, -0.05) is 6.07 Å². The molecule has 0 aliphatic carbocycles. The summed E-state index contributed by atoms with van der Waals surface area (Å²) in [6.45, 7) is 0.0983. The second-order valence-corrected chi connectivity index (χ2v) is 2.49. The van der Waals surface area contributed by atoms with E-state index in [-0.39, 0.29) is 18.6 Å². The highest BCUT2D eigenvalue weighted by Gasteiger charge is 2.11. The van der Waals surface area contributed by atoms with E-state index in [1.807, 2.05) is 0 Å². The Morgan fingerprint density at radius 2 is 2.00 bits per heavy atom. The van der Waals surface area contributed by atoms with Crippen LogP contribution in [0.25, 0.3) is 0 Å². The van der Waals surface area contributed by atoms with Gasteiger partial charge in [-0.05, 0) is 11.6 Å². The molecule has 13 heavy (non-hydrogen) atoms. The van der Waals surface area contributed by atoms with Gasteiger partial charge in [0.2, 0.25) is 5.82 Å². The summed E-state index contributed by atoms with van der Waals surface area (Å²) < 4.78 is 25.7. The summed E-state index contributed by atoms with van der Waals surface area (Å²) in [6.07, 6.45) is 0.166. The molecule has 0 fully saturated rings. The van der Waals surface area contributed by atoms with E-state index in [9.17, 15) is 8.78 Å². The maximum atomic E-state index is 13.0. The Bertz CT molecular complexity index is 304. The molecule has 0 bridgehead atoms. The molecule has 0 aliphatic rings. The molecule has 1 aromatic rings. The summed E-state index contributed by atoms with van der Waals surface area (Å²) in [5.74, 6) is 1.73. The first kappa shape index (κ1) is 9.88. The van der Waals surface area contributed by atoms with Crippen molar-refractivity contribution in [3.05, 3.63) is 29.3 Å². The first-order valence-corrected chi connectivity index (χ1v) is 3.64. The Morgan fingerprint density at radius 3 is 2.62 bits per heavy atom. The molecule has 1 aromatic carbocycles. The van der Waals surface area contributed by atoms with E-state index in [0.29, 0.717) is 0 Å². The van der Waals surface area contributed by atoms with Crippen molar-refractivity contribution >= 4 is 0 Å². The Kier molecular flexibility index (Phi) is 3.16. The van der Waals surface area contributed by atoms with Gasteiger partial charge in [-0.2, -0.15) is 4.39 Å². The van der Waals surface area contributed by atoms with Crippen LogP contribution in [-0.4, -0.2) is 11.7 Å². The number of halogens is 2. The lowest BCUT2D eigenvalue weighted by atomic mass is 10.1. The summed E-state index contributed by atoms with van der Waals surface area (Å²) >= 11 is 0. The zero-order chi connectivity index (χ0) is 9.84. The van der Waals surface area contributed by atoms with Gasteiger partial charge in [-0.25, -0.2) is 10.3 Å². The van der Waals surface area contributed by atoms with Crippen molar-refractivity contribution in [3.63, 3.8) is 0 Å². The highest BCUT2D eigenvalue weighted by molar-refractivity contribution is 5.29. The predicted octanol–water partition coefficient (Wildman–Crippen LogP) is 1.10. The Morgan fingerprint density at radius 1 is 1.31 bits per heavy atom. The molecule has 5 heteroatoms. The van der Waals surface area contributed by atoms with E-state index >= 15 is 0 Å². The van der Waals surface area contributed by atoms with Crippen LogP contribution in [0, 0.1) is 11.6 Å². The van der Waals surface area contributed by atoms with Crippen molar-refractivity contribution < 1.29 is 18.7 Å². The molecule has 0 saturated carbocycles. The fourth-order valence-electron chi connectivity index (χ4n) is 0.941. The third-order valence-electron chi connectivity index (χ3n) is 1.63. The third-order valence-corrected chi connectivity index (χ3v) is 1.63. The molecule has 0 amide bonds.